The topological polar surface area (TPSA) is 114 Å². The molecular weight excluding hydrogens is 270 g/mol. The smallest absolute Gasteiger partial charge is 0.267 e. The van der Waals surface area contributed by atoms with Gasteiger partial charge in [0.2, 0.25) is 10.0 Å². The number of amides is 1. The lowest BCUT2D eigenvalue weighted by Crippen LogP contribution is -2.49. The Morgan fingerprint density at radius 1 is 1.58 bits per heavy atom. The third kappa shape index (κ3) is 2.96. The molecule has 0 bridgehead atoms. The highest BCUT2D eigenvalue weighted by atomic mass is 32.2. The maximum absolute atomic E-state index is 11.9. The molecular formula is C11H17N3O4S. The number of methoxy groups -OCH3 is 1. The number of primary sulfonamides is 1. The van der Waals surface area contributed by atoms with Crippen LogP contribution in [0.25, 0.3) is 0 Å². The number of ether oxygens (including phenoxy) is 1. The normalized spacial score (nSPS) is 17.8. The molecule has 0 aliphatic heterocycles. The first-order valence-electron chi connectivity index (χ1n) is 5.91. The first-order chi connectivity index (χ1) is 8.86. The second kappa shape index (κ2) is 4.95. The van der Waals surface area contributed by atoms with Crippen molar-refractivity contribution >= 4 is 15.9 Å². The fraction of sp³-hybridized carbons (Fsp3) is 0.545. The SMILES string of the molecule is COC1(CNC(=O)c2cc(S(N)(=O)=O)c[nH]2)CCC1. The van der Waals surface area contributed by atoms with E-state index in [1.165, 1.54) is 12.3 Å². The van der Waals surface area contributed by atoms with Gasteiger partial charge < -0.3 is 15.0 Å². The van der Waals surface area contributed by atoms with Crippen molar-refractivity contribution in [2.24, 2.45) is 5.14 Å². The number of carbonyl (C=O) groups is 1. The van der Waals surface area contributed by atoms with Crippen molar-refractivity contribution in [2.75, 3.05) is 13.7 Å². The van der Waals surface area contributed by atoms with Crippen molar-refractivity contribution < 1.29 is 17.9 Å². The molecule has 1 amide bonds. The van der Waals surface area contributed by atoms with Crippen LogP contribution in [0.1, 0.15) is 29.8 Å². The van der Waals surface area contributed by atoms with Crippen LogP contribution in [0, 0.1) is 0 Å². The molecule has 1 fully saturated rings. The molecule has 1 saturated carbocycles. The minimum atomic E-state index is -3.79. The zero-order chi connectivity index (χ0) is 14.1. The molecule has 19 heavy (non-hydrogen) atoms. The number of nitrogens with one attached hydrogen (secondary N) is 2. The van der Waals surface area contributed by atoms with E-state index in [0.717, 1.165) is 19.3 Å². The van der Waals surface area contributed by atoms with Crippen LogP contribution in [0.4, 0.5) is 0 Å². The predicted molar refractivity (Wildman–Crippen MR) is 68.1 cm³/mol. The quantitative estimate of drug-likeness (QED) is 0.705. The monoisotopic (exact) mass is 287 g/mol. The average Bonchev–Trinajstić information content (AvgIpc) is 2.76. The van der Waals surface area contributed by atoms with Gasteiger partial charge >= 0.3 is 0 Å². The van der Waals surface area contributed by atoms with Crippen molar-refractivity contribution in [1.82, 2.24) is 10.3 Å². The van der Waals surface area contributed by atoms with Gasteiger partial charge in [0.25, 0.3) is 5.91 Å². The molecule has 0 aromatic carbocycles. The Kier molecular flexibility index (Phi) is 3.66. The number of H-pyrrole nitrogens is 1. The first kappa shape index (κ1) is 14.0. The van der Waals surface area contributed by atoms with Crippen LogP contribution in [0.5, 0.6) is 0 Å². The number of carbonyl (C=O) groups excluding carboxylic acids is 1. The summed E-state index contributed by atoms with van der Waals surface area (Å²) in [6.07, 6.45) is 4.11. The van der Waals surface area contributed by atoms with Crippen molar-refractivity contribution in [3.63, 3.8) is 0 Å². The molecule has 7 nitrogen and oxygen atoms in total. The molecule has 0 saturated heterocycles. The molecule has 1 aliphatic rings. The third-order valence-corrected chi connectivity index (χ3v) is 4.39. The number of hydrogen-bond donors (Lipinski definition) is 3. The van der Waals surface area contributed by atoms with Gasteiger partial charge in [0.15, 0.2) is 0 Å². The van der Waals surface area contributed by atoms with Crippen molar-refractivity contribution in [2.45, 2.75) is 29.8 Å². The Bertz CT molecular complexity index is 569. The zero-order valence-corrected chi connectivity index (χ0v) is 11.4. The minimum absolute atomic E-state index is 0.109. The summed E-state index contributed by atoms with van der Waals surface area (Å²) >= 11 is 0. The molecule has 8 heteroatoms. The molecule has 0 radical (unpaired) electrons. The van der Waals surface area contributed by atoms with Crippen LogP contribution >= 0.6 is 0 Å². The molecule has 2 rings (SSSR count). The summed E-state index contributed by atoms with van der Waals surface area (Å²) in [6, 6.07) is 1.21. The Morgan fingerprint density at radius 2 is 2.26 bits per heavy atom. The standard InChI is InChI=1S/C11H17N3O4S/c1-18-11(3-2-4-11)7-14-10(15)9-5-8(6-13-9)19(12,16)17/h5-6,13H,2-4,7H2,1H3,(H,14,15)(H2,12,16,17). The summed E-state index contributed by atoms with van der Waals surface area (Å²) in [5, 5.41) is 7.69. The van der Waals surface area contributed by atoms with Crippen LogP contribution in [0.2, 0.25) is 0 Å². The van der Waals surface area contributed by atoms with Gasteiger partial charge in [-0.25, -0.2) is 13.6 Å². The van der Waals surface area contributed by atoms with E-state index in [2.05, 4.69) is 10.3 Å². The number of aromatic nitrogens is 1. The van der Waals surface area contributed by atoms with Crippen molar-refractivity contribution in [3.8, 4) is 0 Å². The molecule has 4 N–H and O–H groups in total. The summed E-state index contributed by atoms with van der Waals surface area (Å²) in [5.41, 5.74) is -0.111. The zero-order valence-electron chi connectivity index (χ0n) is 10.6. The number of aromatic amines is 1. The van der Waals surface area contributed by atoms with Crippen molar-refractivity contribution in [3.05, 3.63) is 18.0 Å². The van der Waals surface area contributed by atoms with E-state index in [4.69, 9.17) is 9.88 Å². The average molecular weight is 287 g/mol. The van der Waals surface area contributed by atoms with E-state index >= 15 is 0 Å². The van der Waals surface area contributed by atoms with Gasteiger partial charge in [-0.05, 0) is 25.3 Å². The number of sulfonamides is 1. The Morgan fingerprint density at radius 3 is 2.68 bits per heavy atom. The summed E-state index contributed by atoms with van der Waals surface area (Å²) in [7, 11) is -2.17. The van der Waals surface area contributed by atoms with E-state index in [9.17, 15) is 13.2 Å². The lowest BCUT2D eigenvalue weighted by Gasteiger charge is -2.40. The molecule has 0 atom stereocenters. The predicted octanol–water partition coefficient (Wildman–Crippen LogP) is -0.0390. The maximum Gasteiger partial charge on any atom is 0.267 e. The third-order valence-electron chi connectivity index (χ3n) is 3.50. The van der Waals surface area contributed by atoms with Crippen LogP contribution < -0.4 is 10.5 Å². The van der Waals surface area contributed by atoms with Gasteiger partial charge in [-0.1, -0.05) is 0 Å². The summed E-state index contributed by atoms with van der Waals surface area (Å²) < 4.78 is 27.6. The molecule has 0 unspecified atom stereocenters. The Labute approximate surface area is 111 Å². The Balaban J connectivity index is 1.99. The molecule has 1 aliphatic carbocycles. The number of rotatable bonds is 5. The second-order valence-corrected chi connectivity index (χ2v) is 6.28. The van der Waals surface area contributed by atoms with E-state index in [-0.39, 0.29) is 22.1 Å². The highest BCUT2D eigenvalue weighted by Gasteiger charge is 2.37. The van der Waals surface area contributed by atoms with Gasteiger partial charge in [0.05, 0.1) is 10.5 Å². The fourth-order valence-corrected chi connectivity index (χ4v) is 2.54. The molecule has 0 spiro atoms. The maximum atomic E-state index is 11.9. The molecule has 1 aromatic heterocycles. The lowest BCUT2D eigenvalue weighted by atomic mass is 9.80. The molecule has 106 valence electrons. The van der Waals surface area contributed by atoms with Gasteiger partial charge in [-0.15, -0.1) is 0 Å². The first-order valence-corrected chi connectivity index (χ1v) is 7.45. The van der Waals surface area contributed by atoms with Crippen LogP contribution in [0.3, 0.4) is 0 Å². The van der Waals surface area contributed by atoms with Gasteiger partial charge in [0, 0.05) is 19.9 Å². The lowest BCUT2D eigenvalue weighted by molar-refractivity contribution is -0.0679. The van der Waals surface area contributed by atoms with Crippen LogP contribution in [0.15, 0.2) is 17.2 Å². The molecule has 1 aromatic rings. The van der Waals surface area contributed by atoms with E-state index in [1.807, 2.05) is 0 Å². The van der Waals surface area contributed by atoms with Gasteiger partial charge in [-0.3, -0.25) is 4.79 Å². The fourth-order valence-electron chi connectivity index (χ4n) is 2.03. The van der Waals surface area contributed by atoms with E-state index < -0.39 is 10.0 Å². The minimum Gasteiger partial charge on any atom is -0.376 e. The number of hydrogen-bond acceptors (Lipinski definition) is 4. The highest BCUT2D eigenvalue weighted by Crippen LogP contribution is 2.34. The van der Waals surface area contributed by atoms with Crippen LogP contribution in [-0.2, 0) is 14.8 Å². The summed E-state index contributed by atoms with van der Waals surface area (Å²) in [6.45, 7) is 0.409. The summed E-state index contributed by atoms with van der Waals surface area (Å²) in [5.74, 6) is -0.377. The second-order valence-electron chi connectivity index (χ2n) is 4.72. The van der Waals surface area contributed by atoms with Gasteiger partial charge in [0.1, 0.15) is 5.69 Å². The van der Waals surface area contributed by atoms with E-state index in [1.54, 1.807) is 7.11 Å². The van der Waals surface area contributed by atoms with Crippen molar-refractivity contribution in [1.29, 1.82) is 0 Å². The van der Waals surface area contributed by atoms with Crippen LogP contribution in [-0.4, -0.2) is 38.6 Å². The van der Waals surface area contributed by atoms with Gasteiger partial charge in [-0.2, -0.15) is 0 Å². The highest BCUT2D eigenvalue weighted by molar-refractivity contribution is 7.89. The molecule has 1 heterocycles. The van der Waals surface area contributed by atoms with E-state index in [0.29, 0.717) is 6.54 Å². The number of nitrogens with two attached hydrogens (primary N) is 1. The summed E-state index contributed by atoms with van der Waals surface area (Å²) in [4.78, 5) is 14.3. The largest absolute Gasteiger partial charge is 0.376 e. The Hall–Kier alpha value is -1.38.